The molecule has 7 nitrogen and oxygen atoms in total. The van der Waals surface area contributed by atoms with E-state index in [-0.39, 0.29) is 17.4 Å². The first-order valence-electron chi connectivity index (χ1n) is 5.79. The molecule has 0 amide bonds. The fourth-order valence-corrected chi connectivity index (χ4v) is 1.67. The van der Waals surface area contributed by atoms with Crippen molar-refractivity contribution in [2.24, 2.45) is 0 Å². The zero-order valence-corrected chi connectivity index (χ0v) is 10.2. The zero-order chi connectivity index (χ0) is 13.2. The summed E-state index contributed by atoms with van der Waals surface area (Å²) in [5.74, 6) is 0.782. The van der Waals surface area contributed by atoms with Crippen molar-refractivity contribution in [3.63, 3.8) is 0 Å². The highest BCUT2D eigenvalue weighted by molar-refractivity contribution is 5.63. The van der Waals surface area contributed by atoms with Gasteiger partial charge in [0.1, 0.15) is 0 Å². The normalized spacial score (nSPS) is 10.8. The number of nitrogens with two attached hydrogens (primary N) is 1. The van der Waals surface area contributed by atoms with Crippen molar-refractivity contribution in [2.75, 3.05) is 5.73 Å². The van der Waals surface area contributed by atoms with Crippen molar-refractivity contribution in [1.82, 2.24) is 20.5 Å². The van der Waals surface area contributed by atoms with Gasteiger partial charge in [-0.15, -0.1) is 0 Å². The molecule has 1 aromatic carbocycles. The molecule has 2 N–H and O–H groups in total. The second kappa shape index (κ2) is 4.52. The van der Waals surface area contributed by atoms with E-state index in [0.717, 1.165) is 12.0 Å². The molecule has 3 aromatic rings. The highest BCUT2D eigenvalue weighted by Gasteiger charge is 2.17. The Morgan fingerprint density at radius 1 is 1.11 bits per heavy atom. The van der Waals surface area contributed by atoms with Crippen molar-refractivity contribution >= 4 is 5.82 Å². The van der Waals surface area contributed by atoms with E-state index in [0.29, 0.717) is 5.82 Å². The van der Waals surface area contributed by atoms with E-state index in [1.807, 2.05) is 24.3 Å². The number of anilines is 1. The van der Waals surface area contributed by atoms with Crippen LogP contribution >= 0.6 is 0 Å². The predicted octanol–water partition coefficient (Wildman–Crippen LogP) is 1.93. The molecule has 0 unspecified atom stereocenters. The second-order valence-electron chi connectivity index (χ2n) is 3.97. The molecule has 2 heterocycles. The minimum Gasteiger partial charge on any atom is -0.379 e. The maximum atomic E-state index is 5.56. The minimum atomic E-state index is 0.122. The number of hydrogen-bond donors (Lipinski definition) is 1. The summed E-state index contributed by atoms with van der Waals surface area (Å²) in [6, 6.07) is 7.94. The summed E-state index contributed by atoms with van der Waals surface area (Å²) < 4.78 is 9.59. The average molecular weight is 257 g/mol. The van der Waals surface area contributed by atoms with Crippen molar-refractivity contribution in [3.05, 3.63) is 29.8 Å². The molecule has 7 heteroatoms. The average Bonchev–Trinajstić information content (AvgIpc) is 3.07. The van der Waals surface area contributed by atoms with E-state index < -0.39 is 0 Å². The van der Waals surface area contributed by atoms with Gasteiger partial charge >= 0.3 is 0 Å². The summed E-state index contributed by atoms with van der Waals surface area (Å²) in [6.07, 6.45) is 0.985. The lowest BCUT2D eigenvalue weighted by atomic mass is 10.1. The van der Waals surface area contributed by atoms with Crippen LogP contribution in [-0.4, -0.2) is 20.5 Å². The highest BCUT2D eigenvalue weighted by Crippen LogP contribution is 2.23. The van der Waals surface area contributed by atoms with Crippen molar-refractivity contribution in [1.29, 1.82) is 0 Å². The maximum absolute atomic E-state index is 5.56. The molecule has 0 aliphatic rings. The number of nitrogen functional groups attached to an aromatic ring is 1. The van der Waals surface area contributed by atoms with Crippen molar-refractivity contribution in [2.45, 2.75) is 13.3 Å². The fourth-order valence-electron chi connectivity index (χ4n) is 1.67. The Kier molecular flexibility index (Phi) is 2.71. The second-order valence-corrected chi connectivity index (χ2v) is 3.97. The van der Waals surface area contributed by atoms with Crippen LogP contribution < -0.4 is 5.73 Å². The fraction of sp³-hybridized carbons (Fsp3) is 0.167. The molecule has 0 saturated carbocycles. The Bertz CT molecular complexity index is 686. The van der Waals surface area contributed by atoms with Gasteiger partial charge in [0.15, 0.2) is 0 Å². The standard InChI is InChI=1S/C12H11N5O2/c1-2-7-3-5-8(6-4-7)11-14-12(18-17-11)9-10(13)16-19-15-9/h3-6H,2H2,1H3,(H2,13,16). The predicted molar refractivity (Wildman–Crippen MR) is 66.8 cm³/mol. The molecule has 96 valence electrons. The summed E-state index contributed by atoms with van der Waals surface area (Å²) in [7, 11) is 0. The number of aromatic nitrogens is 4. The van der Waals surface area contributed by atoms with Crippen LogP contribution in [0.4, 0.5) is 5.82 Å². The smallest absolute Gasteiger partial charge is 0.284 e. The van der Waals surface area contributed by atoms with E-state index in [4.69, 9.17) is 10.3 Å². The van der Waals surface area contributed by atoms with E-state index in [1.54, 1.807) is 0 Å². The van der Waals surface area contributed by atoms with Crippen LogP contribution in [0, 0.1) is 0 Å². The van der Waals surface area contributed by atoms with Crippen LogP contribution in [0.3, 0.4) is 0 Å². The van der Waals surface area contributed by atoms with Gasteiger partial charge in [0.05, 0.1) is 0 Å². The number of rotatable bonds is 3. The molecule has 0 spiro atoms. The van der Waals surface area contributed by atoms with Crippen LogP contribution in [0.2, 0.25) is 0 Å². The Morgan fingerprint density at radius 3 is 2.53 bits per heavy atom. The lowest BCUT2D eigenvalue weighted by Gasteiger charge is -1.97. The third-order valence-corrected chi connectivity index (χ3v) is 2.76. The van der Waals surface area contributed by atoms with Gasteiger partial charge in [0.2, 0.25) is 17.3 Å². The van der Waals surface area contributed by atoms with Gasteiger partial charge in [0.25, 0.3) is 5.89 Å². The molecule has 0 aliphatic heterocycles. The van der Waals surface area contributed by atoms with E-state index in [9.17, 15) is 0 Å². The van der Waals surface area contributed by atoms with Crippen LogP contribution in [-0.2, 0) is 6.42 Å². The van der Waals surface area contributed by atoms with Crippen LogP contribution in [0.1, 0.15) is 12.5 Å². The molecule has 3 rings (SSSR count). The zero-order valence-electron chi connectivity index (χ0n) is 10.2. The summed E-state index contributed by atoms with van der Waals surface area (Å²) in [4.78, 5) is 4.22. The number of benzene rings is 1. The lowest BCUT2D eigenvalue weighted by Crippen LogP contribution is -1.88. The molecular weight excluding hydrogens is 246 g/mol. The third kappa shape index (κ3) is 2.05. The number of hydrogen-bond acceptors (Lipinski definition) is 7. The van der Waals surface area contributed by atoms with Gasteiger partial charge in [0, 0.05) is 5.56 Å². The molecule has 0 radical (unpaired) electrons. The largest absolute Gasteiger partial charge is 0.379 e. The van der Waals surface area contributed by atoms with E-state index in [2.05, 4.69) is 32.0 Å². The van der Waals surface area contributed by atoms with Gasteiger partial charge in [-0.3, -0.25) is 0 Å². The Balaban J connectivity index is 1.94. The number of nitrogens with zero attached hydrogens (tertiary/aromatic N) is 4. The molecule has 0 atom stereocenters. The molecule has 0 aliphatic carbocycles. The SMILES string of the molecule is CCc1ccc(-c2noc(-c3nonc3N)n2)cc1. The summed E-state index contributed by atoms with van der Waals surface area (Å²) in [5, 5.41) is 11.0. The minimum absolute atomic E-state index is 0.122. The number of aryl methyl sites for hydroxylation is 1. The first-order valence-corrected chi connectivity index (χ1v) is 5.79. The molecular formula is C12H11N5O2. The van der Waals surface area contributed by atoms with Crippen molar-refractivity contribution < 1.29 is 9.15 Å². The Labute approximate surface area is 108 Å². The Hall–Kier alpha value is -2.70. The third-order valence-electron chi connectivity index (χ3n) is 2.76. The lowest BCUT2D eigenvalue weighted by molar-refractivity contribution is 0.308. The Morgan fingerprint density at radius 2 is 1.89 bits per heavy atom. The van der Waals surface area contributed by atoms with Crippen LogP contribution in [0.25, 0.3) is 23.0 Å². The quantitative estimate of drug-likeness (QED) is 0.764. The van der Waals surface area contributed by atoms with Crippen LogP contribution in [0.5, 0.6) is 0 Å². The molecule has 0 fully saturated rings. The molecule has 0 bridgehead atoms. The summed E-state index contributed by atoms with van der Waals surface area (Å²) in [5.41, 5.74) is 7.93. The first-order chi connectivity index (χ1) is 9.28. The van der Waals surface area contributed by atoms with E-state index in [1.165, 1.54) is 5.56 Å². The molecule has 2 aromatic heterocycles. The van der Waals surface area contributed by atoms with Gasteiger partial charge in [-0.25, -0.2) is 4.63 Å². The maximum Gasteiger partial charge on any atom is 0.284 e. The summed E-state index contributed by atoms with van der Waals surface area (Å²) in [6.45, 7) is 2.10. The first kappa shape index (κ1) is 11.4. The molecule has 19 heavy (non-hydrogen) atoms. The van der Waals surface area contributed by atoms with Gasteiger partial charge in [-0.1, -0.05) is 36.3 Å². The monoisotopic (exact) mass is 257 g/mol. The van der Waals surface area contributed by atoms with Crippen LogP contribution in [0.15, 0.2) is 33.4 Å². The van der Waals surface area contributed by atoms with E-state index >= 15 is 0 Å². The van der Waals surface area contributed by atoms with Crippen molar-refractivity contribution in [3.8, 4) is 23.0 Å². The molecule has 0 saturated heterocycles. The van der Waals surface area contributed by atoms with Gasteiger partial charge in [-0.2, -0.15) is 4.98 Å². The summed E-state index contributed by atoms with van der Waals surface area (Å²) >= 11 is 0. The highest BCUT2D eigenvalue weighted by atomic mass is 16.6. The van der Waals surface area contributed by atoms with Gasteiger partial charge < -0.3 is 10.3 Å². The van der Waals surface area contributed by atoms with Gasteiger partial charge in [-0.05, 0) is 22.3 Å². The topological polar surface area (TPSA) is 104 Å².